The largest absolute Gasteiger partial charge is 0.309 e. The van der Waals surface area contributed by atoms with Crippen molar-refractivity contribution < 1.29 is 9.59 Å². The lowest BCUT2D eigenvalue weighted by Gasteiger charge is -2.22. The molecule has 1 aliphatic carbocycles. The van der Waals surface area contributed by atoms with Crippen LogP contribution < -0.4 is 10.2 Å². The second-order valence-electron chi connectivity index (χ2n) is 6.60. The molecule has 1 unspecified atom stereocenters. The Balaban J connectivity index is 1.62. The first kappa shape index (κ1) is 15.3. The number of carbonyl (C=O) groups is 2. The van der Waals surface area contributed by atoms with Crippen molar-refractivity contribution in [2.24, 2.45) is 5.92 Å². The molecule has 1 N–H and O–H groups in total. The molecule has 124 valence electrons. The lowest BCUT2D eigenvalue weighted by molar-refractivity contribution is -0.120. The van der Waals surface area contributed by atoms with Crippen LogP contribution in [0.2, 0.25) is 0 Å². The van der Waals surface area contributed by atoms with E-state index in [2.05, 4.69) is 23.3 Å². The second-order valence-corrected chi connectivity index (χ2v) is 7.46. The van der Waals surface area contributed by atoms with Crippen LogP contribution in [0.1, 0.15) is 32.3 Å². The molecule has 0 radical (unpaired) electrons. The fourth-order valence-corrected chi connectivity index (χ4v) is 4.03. The molecule has 4 rings (SSSR count). The van der Waals surface area contributed by atoms with Gasteiger partial charge in [0, 0.05) is 35.5 Å². The summed E-state index contributed by atoms with van der Waals surface area (Å²) < 4.78 is 0. The van der Waals surface area contributed by atoms with E-state index in [0.29, 0.717) is 5.13 Å². The fraction of sp³-hybridized carbons (Fsp3) is 0.389. The van der Waals surface area contributed by atoms with Crippen molar-refractivity contribution in [2.75, 3.05) is 10.2 Å². The van der Waals surface area contributed by atoms with Crippen molar-refractivity contribution in [3.05, 3.63) is 29.1 Å². The normalized spacial score (nSPS) is 19.2. The summed E-state index contributed by atoms with van der Waals surface area (Å²) >= 11 is 1.42. The summed E-state index contributed by atoms with van der Waals surface area (Å²) in [5, 5.41) is 5.26. The minimum atomic E-state index is -0.118. The number of nitrogens with zero attached hydrogens (tertiary/aromatic N) is 2. The zero-order valence-corrected chi connectivity index (χ0v) is 14.5. The number of carbonyl (C=O) groups excluding carboxylic acids is 2. The zero-order chi connectivity index (χ0) is 16.8. The van der Waals surface area contributed by atoms with Gasteiger partial charge in [0.2, 0.25) is 11.8 Å². The highest BCUT2D eigenvalue weighted by Gasteiger charge is 2.39. The van der Waals surface area contributed by atoms with Crippen LogP contribution in [0.25, 0.3) is 11.3 Å². The van der Waals surface area contributed by atoms with Crippen molar-refractivity contribution in [2.45, 2.75) is 39.2 Å². The molecule has 0 saturated heterocycles. The van der Waals surface area contributed by atoms with E-state index in [1.807, 2.05) is 22.4 Å². The van der Waals surface area contributed by atoms with Gasteiger partial charge in [-0.15, -0.1) is 11.3 Å². The van der Waals surface area contributed by atoms with Gasteiger partial charge in [0.25, 0.3) is 0 Å². The predicted molar refractivity (Wildman–Crippen MR) is 95.2 cm³/mol. The first-order valence-electron chi connectivity index (χ1n) is 8.22. The molecule has 2 amide bonds. The molecule has 1 aromatic carbocycles. The molecule has 5 nitrogen and oxygen atoms in total. The number of nitrogens with one attached hydrogen (secondary N) is 1. The molecule has 24 heavy (non-hydrogen) atoms. The number of fused-ring (bicyclic) bond motifs is 1. The van der Waals surface area contributed by atoms with Crippen LogP contribution in [0, 0.1) is 5.92 Å². The third-order valence-corrected chi connectivity index (χ3v) is 5.30. The van der Waals surface area contributed by atoms with Gasteiger partial charge >= 0.3 is 0 Å². The maximum atomic E-state index is 12.5. The number of anilines is 2. The molecular formula is C18H19N3O2S. The number of benzene rings is 1. The highest BCUT2D eigenvalue weighted by atomic mass is 32.1. The average Bonchev–Trinajstić information content (AvgIpc) is 3.19. The maximum Gasteiger partial charge on any atom is 0.230 e. The maximum absolute atomic E-state index is 12.5. The van der Waals surface area contributed by atoms with Gasteiger partial charge in [0.05, 0.1) is 5.69 Å². The van der Waals surface area contributed by atoms with Gasteiger partial charge in [-0.05, 0) is 43.9 Å². The smallest absolute Gasteiger partial charge is 0.230 e. The van der Waals surface area contributed by atoms with Crippen LogP contribution in [-0.2, 0) is 16.0 Å². The van der Waals surface area contributed by atoms with Crippen LogP contribution in [-0.4, -0.2) is 22.8 Å². The molecule has 1 saturated carbocycles. The molecule has 1 aromatic heterocycles. The van der Waals surface area contributed by atoms with E-state index in [-0.39, 0.29) is 23.8 Å². The predicted octanol–water partition coefficient (Wildman–Crippen LogP) is 3.46. The number of rotatable bonds is 3. The SMILES string of the molecule is CC(=O)Nc1nc(-c2ccc3c(c2)CC(C)N3C(=O)C2CC2)cs1. The van der Waals surface area contributed by atoms with Gasteiger partial charge in [0.1, 0.15) is 0 Å². The highest BCUT2D eigenvalue weighted by Crippen LogP contribution is 2.40. The van der Waals surface area contributed by atoms with E-state index in [9.17, 15) is 9.59 Å². The minimum absolute atomic E-state index is 0.118. The molecular weight excluding hydrogens is 322 g/mol. The van der Waals surface area contributed by atoms with Gasteiger partial charge in [-0.1, -0.05) is 6.07 Å². The molecule has 6 heteroatoms. The molecule has 2 heterocycles. The Morgan fingerprint density at radius 3 is 2.83 bits per heavy atom. The quantitative estimate of drug-likeness (QED) is 0.930. The van der Waals surface area contributed by atoms with Crippen molar-refractivity contribution in [1.82, 2.24) is 4.98 Å². The number of hydrogen-bond acceptors (Lipinski definition) is 4. The third-order valence-electron chi connectivity index (χ3n) is 4.54. The van der Waals surface area contributed by atoms with Gasteiger partial charge in [-0.2, -0.15) is 0 Å². The zero-order valence-electron chi connectivity index (χ0n) is 13.7. The lowest BCUT2D eigenvalue weighted by Crippen LogP contribution is -2.36. The van der Waals surface area contributed by atoms with Gasteiger partial charge in [-0.3, -0.25) is 9.59 Å². The van der Waals surface area contributed by atoms with Crippen molar-refractivity contribution >= 4 is 34.0 Å². The second kappa shape index (κ2) is 5.70. The van der Waals surface area contributed by atoms with Crippen LogP contribution in [0.15, 0.2) is 23.6 Å². The highest BCUT2D eigenvalue weighted by molar-refractivity contribution is 7.14. The first-order chi connectivity index (χ1) is 11.5. The van der Waals surface area contributed by atoms with E-state index < -0.39 is 0 Å². The van der Waals surface area contributed by atoms with Crippen LogP contribution in [0.3, 0.4) is 0 Å². The standard InChI is InChI=1S/C18H19N3O2S/c1-10-7-14-8-13(15-9-24-18(20-15)19-11(2)22)5-6-16(14)21(10)17(23)12-3-4-12/h5-6,8-10,12H,3-4,7H2,1-2H3,(H,19,20,22). The van der Waals surface area contributed by atoms with Gasteiger partial charge in [0.15, 0.2) is 5.13 Å². The number of thiazole rings is 1. The average molecular weight is 341 g/mol. The topological polar surface area (TPSA) is 62.3 Å². The van der Waals surface area contributed by atoms with Gasteiger partial charge < -0.3 is 10.2 Å². The van der Waals surface area contributed by atoms with Crippen LogP contribution >= 0.6 is 11.3 Å². The molecule has 1 fully saturated rings. The molecule has 0 bridgehead atoms. The summed E-state index contributed by atoms with van der Waals surface area (Å²) in [6.07, 6.45) is 2.94. The lowest BCUT2D eigenvalue weighted by atomic mass is 10.1. The summed E-state index contributed by atoms with van der Waals surface area (Å²) in [6.45, 7) is 3.58. The van der Waals surface area contributed by atoms with Gasteiger partial charge in [-0.25, -0.2) is 4.98 Å². The fourth-order valence-electron chi connectivity index (χ4n) is 3.27. The Morgan fingerprint density at radius 1 is 1.33 bits per heavy atom. The number of hydrogen-bond donors (Lipinski definition) is 1. The summed E-state index contributed by atoms with van der Waals surface area (Å²) in [6, 6.07) is 6.38. The molecule has 2 aromatic rings. The Morgan fingerprint density at radius 2 is 2.12 bits per heavy atom. The van der Waals surface area contributed by atoms with E-state index in [1.165, 1.54) is 23.8 Å². The van der Waals surface area contributed by atoms with Crippen molar-refractivity contribution in [3.8, 4) is 11.3 Å². The molecule has 1 atom stereocenters. The molecule has 2 aliphatic rings. The Hall–Kier alpha value is -2.21. The van der Waals surface area contributed by atoms with E-state index >= 15 is 0 Å². The van der Waals surface area contributed by atoms with Crippen LogP contribution in [0.5, 0.6) is 0 Å². The number of amides is 2. The Kier molecular flexibility index (Phi) is 3.64. The van der Waals surface area contributed by atoms with Crippen LogP contribution in [0.4, 0.5) is 10.8 Å². The summed E-state index contributed by atoms with van der Waals surface area (Å²) in [4.78, 5) is 30.1. The summed E-state index contributed by atoms with van der Waals surface area (Å²) in [5.41, 5.74) is 4.12. The summed E-state index contributed by atoms with van der Waals surface area (Å²) in [5.74, 6) is 0.389. The number of aromatic nitrogens is 1. The van der Waals surface area contributed by atoms with E-state index in [1.54, 1.807) is 0 Å². The third kappa shape index (κ3) is 2.71. The first-order valence-corrected chi connectivity index (χ1v) is 9.10. The molecule has 1 aliphatic heterocycles. The Bertz CT molecular complexity index is 825. The molecule has 0 spiro atoms. The summed E-state index contributed by atoms with van der Waals surface area (Å²) in [7, 11) is 0. The van der Waals surface area contributed by atoms with E-state index in [4.69, 9.17) is 0 Å². The van der Waals surface area contributed by atoms with E-state index in [0.717, 1.165) is 36.2 Å². The van der Waals surface area contributed by atoms with Crippen molar-refractivity contribution in [1.29, 1.82) is 0 Å². The monoisotopic (exact) mass is 341 g/mol. The Labute approximate surface area is 144 Å². The minimum Gasteiger partial charge on any atom is -0.309 e. The van der Waals surface area contributed by atoms with Crippen molar-refractivity contribution in [3.63, 3.8) is 0 Å².